The van der Waals surface area contributed by atoms with E-state index in [1.807, 2.05) is 0 Å². The van der Waals surface area contributed by atoms with Gasteiger partial charge in [0.15, 0.2) is 0 Å². The number of ether oxygens (including phenoxy) is 1. The lowest BCUT2D eigenvalue weighted by Crippen LogP contribution is -2.41. The van der Waals surface area contributed by atoms with Crippen LogP contribution >= 0.6 is 11.6 Å². The number of aromatic nitrogens is 1. The molecule has 0 saturated carbocycles. The third-order valence-electron chi connectivity index (χ3n) is 2.40. The molecule has 1 heterocycles. The number of methoxy groups -OCH3 is 1. The van der Waals surface area contributed by atoms with Crippen molar-refractivity contribution in [2.45, 2.75) is 18.9 Å². The fourth-order valence-electron chi connectivity index (χ4n) is 1.45. The van der Waals surface area contributed by atoms with Crippen LogP contribution in [0.2, 0.25) is 5.02 Å². The highest BCUT2D eigenvalue weighted by molar-refractivity contribution is 6.30. The highest BCUT2D eigenvalue weighted by atomic mass is 35.5. The first-order valence-electron chi connectivity index (χ1n) is 5.68. The molecule has 1 unspecified atom stereocenters. The average molecular weight is 287 g/mol. The van der Waals surface area contributed by atoms with Crippen molar-refractivity contribution in [1.29, 1.82) is 0 Å². The molecule has 0 aliphatic heterocycles. The fraction of sp³-hybridized carbons (Fsp3) is 0.417. The average Bonchev–Trinajstić information content (AvgIpc) is 2.37. The Bertz CT molecular complexity index is 453. The molecule has 0 saturated heterocycles. The zero-order chi connectivity index (χ0) is 14.3. The predicted molar refractivity (Wildman–Crippen MR) is 69.2 cm³/mol. The highest BCUT2D eigenvalue weighted by Gasteiger charge is 2.20. The van der Waals surface area contributed by atoms with E-state index in [-0.39, 0.29) is 12.1 Å². The zero-order valence-corrected chi connectivity index (χ0v) is 11.2. The Hall–Kier alpha value is -1.66. The van der Waals surface area contributed by atoms with E-state index in [4.69, 9.17) is 21.4 Å². The summed E-state index contributed by atoms with van der Waals surface area (Å²) >= 11 is 5.74. The third-order valence-corrected chi connectivity index (χ3v) is 2.63. The first-order valence-corrected chi connectivity index (χ1v) is 6.06. The van der Waals surface area contributed by atoms with Gasteiger partial charge in [0.1, 0.15) is 11.7 Å². The maximum absolute atomic E-state index is 11.8. The Balaban J connectivity index is 2.63. The van der Waals surface area contributed by atoms with Crippen molar-refractivity contribution in [3.05, 3.63) is 29.0 Å². The normalized spacial score (nSPS) is 11.9. The lowest BCUT2D eigenvalue weighted by Gasteiger charge is -2.13. The molecule has 0 aliphatic carbocycles. The van der Waals surface area contributed by atoms with Gasteiger partial charge in [-0.1, -0.05) is 11.6 Å². The second-order valence-corrected chi connectivity index (χ2v) is 4.30. The minimum Gasteiger partial charge on any atom is -0.480 e. The number of aliphatic carboxylic acids is 1. The Labute approximate surface area is 115 Å². The van der Waals surface area contributed by atoms with Crippen molar-refractivity contribution in [1.82, 2.24) is 10.3 Å². The Morgan fingerprint density at radius 2 is 2.32 bits per heavy atom. The summed E-state index contributed by atoms with van der Waals surface area (Å²) in [6, 6.07) is 1.94. The standard InChI is InChI=1S/C12H15ClN2O4/c1-19-6-2-3-9(12(17)18)15-11(16)10-7-8(13)4-5-14-10/h4-5,7,9H,2-3,6H2,1H3,(H,15,16)(H,17,18). The molecule has 0 spiro atoms. The van der Waals surface area contributed by atoms with E-state index < -0.39 is 17.9 Å². The number of hydrogen-bond donors (Lipinski definition) is 2. The van der Waals surface area contributed by atoms with Gasteiger partial charge in [-0.25, -0.2) is 4.79 Å². The molecule has 6 nitrogen and oxygen atoms in total. The molecule has 0 bridgehead atoms. The van der Waals surface area contributed by atoms with Gasteiger partial charge in [0.25, 0.3) is 5.91 Å². The summed E-state index contributed by atoms with van der Waals surface area (Å²) in [5.74, 6) is -1.65. The molecule has 0 radical (unpaired) electrons. The molecular weight excluding hydrogens is 272 g/mol. The molecule has 19 heavy (non-hydrogen) atoms. The van der Waals surface area contributed by atoms with E-state index >= 15 is 0 Å². The highest BCUT2D eigenvalue weighted by Crippen LogP contribution is 2.08. The van der Waals surface area contributed by atoms with Gasteiger partial charge in [-0.05, 0) is 25.0 Å². The molecule has 1 aromatic heterocycles. The Kier molecular flexibility index (Phi) is 6.24. The SMILES string of the molecule is COCCCC(NC(=O)c1cc(Cl)ccn1)C(=O)O. The minimum absolute atomic E-state index is 0.0884. The van der Waals surface area contributed by atoms with E-state index in [0.29, 0.717) is 18.1 Å². The summed E-state index contributed by atoms with van der Waals surface area (Å²) in [5, 5.41) is 11.8. The molecule has 2 N–H and O–H groups in total. The number of amides is 1. The van der Waals surface area contributed by atoms with Crippen LogP contribution in [0.4, 0.5) is 0 Å². The number of rotatable bonds is 7. The number of carbonyl (C=O) groups excluding carboxylic acids is 1. The summed E-state index contributed by atoms with van der Waals surface area (Å²) in [7, 11) is 1.53. The molecule has 0 fully saturated rings. The first kappa shape index (κ1) is 15.4. The van der Waals surface area contributed by atoms with Gasteiger partial charge >= 0.3 is 5.97 Å². The van der Waals surface area contributed by atoms with Gasteiger partial charge < -0.3 is 15.2 Å². The summed E-state index contributed by atoms with van der Waals surface area (Å²) in [6.07, 6.45) is 2.21. The largest absolute Gasteiger partial charge is 0.480 e. The summed E-state index contributed by atoms with van der Waals surface area (Å²) < 4.78 is 4.84. The van der Waals surface area contributed by atoms with Crippen molar-refractivity contribution in [2.24, 2.45) is 0 Å². The van der Waals surface area contributed by atoms with Gasteiger partial charge in [0, 0.05) is 24.9 Å². The monoisotopic (exact) mass is 286 g/mol. The summed E-state index contributed by atoms with van der Waals surface area (Å²) in [5.41, 5.74) is 0.0884. The molecule has 7 heteroatoms. The van der Waals surface area contributed by atoms with E-state index in [2.05, 4.69) is 10.3 Å². The topological polar surface area (TPSA) is 88.5 Å². The molecular formula is C12H15ClN2O4. The van der Waals surface area contributed by atoms with Gasteiger partial charge in [-0.15, -0.1) is 0 Å². The molecule has 0 aromatic carbocycles. The second-order valence-electron chi connectivity index (χ2n) is 3.86. The van der Waals surface area contributed by atoms with Gasteiger partial charge in [-0.2, -0.15) is 0 Å². The molecule has 1 aromatic rings. The molecule has 104 valence electrons. The predicted octanol–water partition coefficient (Wildman–Crippen LogP) is 1.34. The number of nitrogens with one attached hydrogen (secondary N) is 1. The maximum Gasteiger partial charge on any atom is 0.326 e. The molecule has 1 atom stereocenters. The third kappa shape index (κ3) is 5.23. The zero-order valence-electron chi connectivity index (χ0n) is 10.4. The van der Waals surface area contributed by atoms with Crippen molar-refractivity contribution in [2.75, 3.05) is 13.7 Å². The van der Waals surface area contributed by atoms with Crippen LogP contribution in [-0.2, 0) is 9.53 Å². The van der Waals surface area contributed by atoms with Crippen LogP contribution in [0.1, 0.15) is 23.3 Å². The maximum atomic E-state index is 11.8. The van der Waals surface area contributed by atoms with Crippen LogP contribution in [0, 0.1) is 0 Å². The number of carbonyl (C=O) groups is 2. The Morgan fingerprint density at radius 1 is 1.58 bits per heavy atom. The smallest absolute Gasteiger partial charge is 0.326 e. The van der Waals surface area contributed by atoms with Crippen LogP contribution in [0.15, 0.2) is 18.3 Å². The van der Waals surface area contributed by atoms with Crippen molar-refractivity contribution >= 4 is 23.5 Å². The second kappa shape index (κ2) is 7.70. The lowest BCUT2D eigenvalue weighted by atomic mass is 10.1. The van der Waals surface area contributed by atoms with E-state index in [1.165, 1.54) is 25.4 Å². The summed E-state index contributed by atoms with van der Waals surface area (Å²) in [6.45, 7) is 0.440. The number of pyridine rings is 1. The fourth-order valence-corrected chi connectivity index (χ4v) is 1.61. The lowest BCUT2D eigenvalue weighted by molar-refractivity contribution is -0.139. The summed E-state index contributed by atoms with van der Waals surface area (Å²) in [4.78, 5) is 26.7. The van der Waals surface area contributed by atoms with Crippen molar-refractivity contribution < 1.29 is 19.4 Å². The first-order chi connectivity index (χ1) is 9.04. The number of halogens is 1. The molecule has 1 amide bonds. The number of hydrogen-bond acceptors (Lipinski definition) is 4. The van der Waals surface area contributed by atoms with Gasteiger partial charge in [0.05, 0.1) is 0 Å². The number of carboxylic acid groups (broad SMARTS) is 1. The van der Waals surface area contributed by atoms with E-state index in [9.17, 15) is 9.59 Å². The van der Waals surface area contributed by atoms with Gasteiger partial charge in [-0.3, -0.25) is 9.78 Å². The Morgan fingerprint density at radius 3 is 2.89 bits per heavy atom. The minimum atomic E-state index is -1.09. The van der Waals surface area contributed by atoms with Crippen molar-refractivity contribution in [3.63, 3.8) is 0 Å². The molecule has 1 rings (SSSR count). The quantitative estimate of drug-likeness (QED) is 0.739. The van der Waals surface area contributed by atoms with Gasteiger partial charge in [0.2, 0.25) is 0 Å². The van der Waals surface area contributed by atoms with Crippen LogP contribution < -0.4 is 5.32 Å². The van der Waals surface area contributed by atoms with Crippen LogP contribution in [0.3, 0.4) is 0 Å². The van der Waals surface area contributed by atoms with Crippen LogP contribution in [-0.4, -0.2) is 41.7 Å². The van der Waals surface area contributed by atoms with Crippen LogP contribution in [0.5, 0.6) is 0 Å². The molecule has 0 aliphatic rings. The van der Waals surface area contributed by atoms with Crippen LogP contribution in [0.25, 0.3) is 0 Å². The number of nitrogens with zero attached hydrogens (tertiary/aromatic N) is 1. The van der Waals surface area contributed by atoms with Crippen molar-refractivity contribution in [3.8, 4) is 0 Å². The number of carboxylic acids is 1. The van der Waals surface area contributed by atoms with E-state index in [0.717, 1.165) is 0 Å². The van der Waals surface area contributed by atoms with E-state index in [1.54, 1.807) is 0 Å².